The fourth-order valence-electron chi connectivity index (χ4n) is 3.90. The minimum Gasteiger partial charge on any atom is -0.493 e. The smallest absolute Gasteiger partial charge is 0.271 e. The zero-order valence-electron chi connectivity index (χ0n) is 22.9. The average molecular weight is 622 g/mol. The van der Waals surface area contributed by atoms with Crippen LogP contribution >= 0.6 is 27.3 Å². The van der Waals surface area contributed by atoms with Gasteiger partial charge in [-0.15, -0.1) is 11.3 Å². The standard InChI is InChI=1S/C31H33BrN4O3S/c1-4-5-6-7-16-39-29-26(32)17-22(18-28(29)38-3)19-33-36-30(37)24-12-10-23(11-13-24)27-20-40-31(35-27)34-25-14-8-21(2)9-15-25/h8-15,17-20H,4-7,16H2,1-3H3,(H,34,35)(H,36,37)/b33-19+. The Kier molecular flexibility index (Phi) is 10.7. The van der Waals surface area contributed by atoms with E-state index in [0.29, 0.717) is 23.7 Å². The summed E-state index contributed by atoms with van der Waals surface area (Å²) in [4.78, 5) is 17.3. The molecule has 0 atom stereocenters. The molecule has 0 aliphatic heterocycles. The summed E-state index contributed by atoms with van der Waals surface area (Å²) in [6, 6.07) is 19.2. The number of aromatic nitrogens is 1. The normalized spacial score (nSPS) is 11.0. The van der Waals surface area contributed by atoms with Crippen molar-refractivity contribution in [3.63, 3.8) is 0 Å². The molecule has 0 aliphatic rings. The lowest BCUT2D eigenvalue weighted by atomic mass is 10.1. The third-order valence-corrected chi connectivity index (χ3v) is 7.47. The Morgan fingerprint density at radius 3 is 2.58 bits per heavy atom. The Labute approximate surface area is 247 Å². The Morgan fingerprint density at radius 1 is 1.07 bits per heavy atom. The molecule has 4 aromatic rings. The molecule has 1 aromatic heterocycles. The van der Waals surface area contributed by atoms with Crippen LogP contribution in [0.25, 0.3) is 11.3 Å². The lowest BCUT2D eigenvalue weighted by Crippen LogP contribution is -2.17. The molecule has 0 radical (unpaired) electrons. The quantitative estimate of drug-likeness (QED) is 0.0891. The molecule has 0 fully saturated rings. The number of hydrazone groups is 1. The molecule has 0 aliphatic carbocycles. The molecule has 0 spiro atoms. The molecule has 208 valence electrons. The summed E-state index contributed by atoms with van der Waals surface area (Å²) in [5, 5.41) is 10.3. The number of aryl methyl sites for hydroxylation is 1. The number of carbonyl (C=O) groups excluding carboxylic acids is 1. The molecule has 0 bridgehead atoms. The lowest BCUT2D eigenvalue weighted by molar-refractivity contribution is 0.0955. The maximum atomic E-state index is 12.6. The first kappa shape index (κ1) is 29.3. The van der Waals surface area contributed by atoms with Crippen molar-refractivity contribution in [2.45, 2.75) is 39.5 Å². The van der Waals surface area contributed by atoms with E-state index in [1.807, 2.05) is 41.8 Å². The Morgan fingerprint density at radius 2 is 1.85 bits per heavy atom. The van der Waals surface area contributed by atoms with Gasteiger partial charge < -0.3 is 14.8 Å². The molecule has 0 saturated heterocycles. The van der Waals surface area contributed by atoms with Crippen LogP contribution in [0.2, 0.25) is 0 Å². The molecule has 0 saturated carbocycles. The fourth-order valence-corrected chi connectivity index (χ4v) is 5.22. The third kappa shape index (κ3) is 8.16. The number of hydrogen-bond donors (Lipinski definition) is 2. The van der Waals surface area contributed by atoms with E-state index in [1.54, 1.807) is 25.5 Å². The van der Waals surface area contributed by atoms with E-state index in [2.05, 4.69) is 62.7 Å². The number of carbonyl (C=O) groups is 1. The monoisotopic (exact) mass is 620 g/mol. The molecule has 1 amide bonds. The molecule has 2 N–H and O–H groups in total. The van der Waals surface area contributed by atoms with Crippen LogP contribution in [0.1, 0.15) is 54.1 Å². The van der Waals surface area contributed by atoms with Crippen molar-refractivity contribution in [1.29, 1.82) is 0 Å². The van der Waals surface area contributed by atoms with Crippen molar-refractivity contribution >= 4 is 50.2 Å². The van der Waals surface area contributed by atoms with Gasteiger partial charge >= 0.3 is 0 Å². The maximum absolute atomic E-state index is 12.6. The first-order valence-corrected chi connectivity index (χ1v) is 14.9. The van der Waals surface area contributed by atoms with Crippen LogP contribution in [0.4, 0.5) is 10.8 Å². The van der Waals surface area contributed by atoms with Crippen LogP contribution in [-0.2, 0) is 0 Å². The number of amides is 1. The number of nitrogens with zero attached hydrogens (tertiary/aromatic N) is 2. The first-order chi connectivity index (χ1) is 19.5. The summed E-state index contributed by atoms with van der Waals surface area (Å²) in [6.07, 6.45) is 6.09. The van der Waals surface area contributed by atoms with E-state index in [9.17, 15) is 4.79 Å². The number of anilines is 2. The largest absolute Gasteiger partial charge is 0.493 e. The van der Waals surface area contributed by atoms with Crippen LogP contribution < -0.4 is 20.2 Å². The van der Waals surface area contributed by atoms with E-state index < -0.39 is 0 Å². The zero-order valence-corrected chi connectivity index (χ0v) is 25.3. The van der Waals surface area contributed by atoms with Gasteiger partial charge in [0.25, 0.3) is 5.91 Å². The van der Waals surface area contributed by atoms with Crippen molar-refractivity contribution in [2.75, 3.05) is 19.0 Å². The van der Waals surface area contributed by atoms with E-state index in [-0.39, 0.29) is 5.91 Å². The van der Waals surface area contributed by atoms with Gasteiger partial charge in [-0.25, -0.2) is 10.4 Å². The van der Waals surface area contributed by atoms with Crippen molar-refractivity contribution in [1.82, 2.24) is 10.4 Å². The highest BCUT2D eigenvalue weighted by molar-refractivity contribution is 9.10. The van der Waals surface area contributed by atoms with Gasteiger partial charge in [-0.2, -0.15) is 5.10 Å². The van der Waals surface area contributed by atoms with Crippen LogP contribution in [-0.4, -0.2) is 30.8 Å². The number of nitrogens with one attached hydrogen (secondary N) is 2. The maximum Gasteiger partial charge on any atom is 0.271 e. The molecule has 3 aromatic carbocycles. The minimum atomic E-state index is -0.305. The van der Waals surface area contributed by atoms with Gasteiger partial charge in [-0.1, -0.05) is 56.0 Å². The van der Waals surface area contributed by atoms with Crippen LogP contribution in [0.3, 0.4) is 0 Å². The lowest BCUT2D eigenvalue weighted by Gasteiger charge is -2.13. The Hall–Kier alpha value is -3.69. The van der Waals surface area contributed by atoms with Gasteiger partial charge in [0.05, 0.1) is 30.1 Å². The highest BCUT2D eigenvalue weighted by atomic mass is 79.9. The zero-order chi connectivity index (χ0) is 28.3. The molecule has 9 heteroatoms. The second-order valence-electron chi connectivity index (χ2n) is 9.25. The van der Waals surface area contributed by atoms with Crippen LogP contribution in [0, 0.1) is 6.92 Å². The second kappa shape index (κ2) is 14.6. The summed E-state index contributed by atoms with van der Waals surface area (Å²) in [5.74, 6) is 0.965. The van der Waals surface area contributed by atoms with Crippen LogP contribution in [0.5, 0.6) is 11.5 Å². The van der Waals surface area contributed by atoms with Crippen molar-refractivity contribution in [3.05, 3.63) is 87.2 Å². The predicted molar refractivity (Wildman–Crippen MR) is 167 cm³/mol. The SMILES string of the molecule is CCCCCCOc1c(Br)cc(/C=N/NC(=O)c2ccc(-c3csc(Nc4ccc(C)cc4)n3)cc2)cc1OC. The second-order valence-corrected chi connectivity index (χ2v) is 11.0. The summed E-state index contributed by atoms with van der Waals surface area (Å²) in [5.41, 5.74) is 7.82. The average Bonchev–Trinajstić information content (AvgIpc) is 3.43. The molecule has 40 heavy (non-hydrogen) atoms. The topological polar surface area (TPSA) is 84.8 Å². The van der Waals surface area contributed by atoms with E-state index in [4.69, 9.17) is 9.47 Å². The van der Waals surface area contributed by atoms with Crippen molar-refractivity contribution < 1.29 is 14.3 Å². The number of halogens is 1. The highest BCUT2D eigenvalue weighted by Crippen LogP contribution is 2.36. The van der Waals surface area contributed by atoms with Crippen molar-refractivity contribution in [2.24, 2.45) is 5.10 Å². The number of hydrogen-bond acceptors (Lipinski definition) is 7. The Balaban J connectivity index is 1.33. The number of ether oxygens (including phenoxy) is 2. The van der Waals surface area contributed by atoms with Gasteiger partial charge in [-0.05, 0) is 71.2 Å². The minimum absolute atomic E-state index is 0.305. The van der Waals surface area contributed by atoms with Gasteiger partial charge in [0, 0.05) is 22.2 Å². The summed E-state index contributed by atoms with van der Waals surface area (Å²) in [7, 11) is 1.60. The summed E-state index contributed by atoms with van der Waals surface area (Å²) >= 11 is 5.10. The number of unbranched alkanes of at least 4 members (excludes halogenated alkanes) is 3. The first-order valence-electron chi connectivity index (χ1n) is 13.2. The molecule has 4 rings (SSSR count). The molecule has 7 nitrogen and oxygen atoms in total. The van der Waals surface area contributed by atoms with E-state index in [1.165, 1.54) is 29.7 Å². The predicted octanol–water partition coefficient (Wildman–Crippen LogP) is 8.36. The third-order valence-electron chi connectivity index (χ3n) is 6.13. The van der Waals surface area contributed by atoms with Gasteiger partial charge in [-0.3, -0.25) is 4.79 Å². The molecular formula is C31H33BrN4O3S. The summed E-state index contributed by atoms with van der Waals surface area (Å²) < 4.78 is 12.2. The van der Waals surface area contributed by atoms with Gasteiger partial charge in [0.1, 0.15) is 0 Å². The van der Waals surface area contributed by atoms with Gasteiger partial charge in [0.2, 0.25) is 0 Å². The van der Waals surface area contributed by atoms with Crippen molar-refractivity contribution in [3.8, 4) is 22.8 Å². The molecular weight excluding hydrogens is 588 g/mol. The fraction of sp³-hybridized carbons (Fsp3) is 0.258. The van der Waals surface area contributed by atoms with Gasteiger partial charge in [0.15, 0.2) is 16.6 Å². The number of thiazole rings is 1. The molecule has 1 heterocycles. The summed E-state index contributed by atoms with van der Waals surface area (Å²) in [6.45, 7) is 4.87. The number of rotatable bonds is 13. The van der Waals surface area contributed by atoms with E-state index in [0.717, 1.165) is 45.0 Å². The van der Waals surface area contributed by atoms with E-state index >= 15 is 0 Å². The number of methoxy groups -OCH3 is 1. The number of benzene rings is 3. The highest BCUT2D eigenvalue weighted by Gasteiger charge is 2.12. The van der Waals surface area contributed by atoms with Crippen LogP contribution in [0.15, 0.2) is 75.6 Å². The molecule has 0 unspecified atom stereocenters. The Bertz CT molecular complexity index is 1440.